The van der Waals surface area contributed by atoms with Gasteiger partial charge in [0.15, 0.2) is 17.6 Å². The van der Waals surface area contributed by atoms with Crippen LogP contribution >= 0.6 is 0 Å². The van der Waals surface area contributed by atoms with Gasteiger partial charge in [-0.3, -0.25) is 14.8 Å². The summed E-state index contributed by atoms with van der Waals surface area (Å²) < 4.78 is 55.7. The number of fused-ring (bicyclic) bond motifs is 4. The van der Waals surface area contributed by atoms with Gasteiger partial charge in [-0.15, -0.1) is 0 Å². The topological polar surface area (TPSA) is 167 Å². The van der Waals surface area contributed by atoms with Crippen LogP contribution < -0.4 is 26.8 Å². The standard InChI is InChI=1S/C29H42FN5O3Si2.C28H38FN5O3Si2.CH3.BrH.Mg/c1-21(36)27-16-28(34(19-37-10-12-39(2,3)4)20-38-11-13-40(5,6)7)35-29(33-27)25(18-32-35)23-14-22-15-24(30)8-9-26(22)31-17-23;1-38(2,3)11-9-36-19-33(20-37-10-12-39(4,5)6)27-15-24(18-35)32-28-25(17-31-34(27)28)22-13-21-14-23(29)7-8-26(21)30-16-22;;;/h8-9,14-18,21,36H,10-13,19-20H2,1-7H3;7-8,13-18H,9-12,19-20H2,1-6H3;1H3;1H;/q;;-1;;+2/p-1. The minimum Gasteiger partial charge on any atom is -1.00 e. The van der Waals surface area contributed by atoms with Gasteiger partial charge in [0.25, 0.3) is 0 Å². The number of benzene rings is 2. The summed E-state index contributed by atoms with van der Waals surface area (Å²) in [5.74, 6) is 0.716. The van der Waals surface area contributed by atoms with Gasteiger partial charge in [-0.05, 0) is 79.6 Å². The third-order valence-corrected chi connectivity index (χ3v) is 19.8. The Morgan fingerprint density at radius 2 is 0.927 bits per heavy atom. The first kappa shape index (κ1) is 70.0. The minimum atomic E-state index is -1.25. The molecule has 16 nitrogen and oxygen atoms in total. The van der Waals surface area contributed by atoms with Gasteiger partial charge in [-0.25, -0.2) is 18.7 Å². The molecular formula is C58H83BrF2MgN10O6Si4. The van der Waals surface area contributed by atoms with Crippen LogP contribution in [-0.4, -0.2) is 159 Å². The zero-order chi connectivity index (χ0) is 57.3. The van der Waals surface area contributed by atoms with E-state index in [0.29, 0.717) is 109 Å². The van der Waals surface area contributed by atoms with Gasteiger partial charge in [0, 0.05) is 116 Å². The van der Waals surface area contributed by atoms with Crippen molar-refractivity contribution in [3.8, 4) is 22.3 Å². The fourth-order valence-corrected chi connectivity index (χ4v) is 11.1. The van der Waals surface area contributed by atoms with E-state index in [1.807, 2.05) is 28.0 Å². The molecule has 24 heteroatoms. The number of halogens is 3. The van der Waals surface area contributed by atoms with Crippen molar-refractivity contribution in [1.82, 2.24) is 39.2 Å². The summed E-state index contributed by atoms with van der Waals surface area (Å²) in [4.78, 5) is 34.2. The predicted molar refractivity (Wildman–Crippen MR) is 336 cm³/mol. The third-order valence-electron chi connectivity index (χ3n) is 13.0. The molecular weight excluding hydrogens is 1190 g/mol. The number of aromatic nitrogens is 8. The maximum atomic E-state index is 13.9. The maximum Gasteiger partial charge on any atom is 2.00 e. The number of carbonyl (C=O) groups excluding carboxylic acids is 1. The van der Waals surface area contributed by atoms with Crippen molar-refractivity contribution in [2.45, 2.75) is 116 Å². The van der Waals surface area contributed by atoms with Gasteiger partial charge in [-0.2, -0.15) is 19.2 Å². The van der Waals surface area contributed by atoms with Crippen LogP contribution in [0, 0.1) is 19.1 Å². The molecule has 1 atom stereocenters. The zero-order valence-electron chi connectivity index (χ0n) is 50.5. The Morgan fingerprint density at radius 3 is 1.28 bits per heavy atom. The molecule has 0 fully saturated rings. The molecule has 0 amide bonds. The smallest absolute Gasteiger partial charge is 1.00 e. The molecule has 0 bridgehead atoms. The van der Waals surface area contributed by atoms with Crippen LogP contribution in [0.2, 0.25) is 103 Å². The Labute approximate surface area is 513 Å². The Kier molecular flexibility index (Phi) is 26.1. The average Bonchev–Trinajstić information content (AvgIpc) is 4.01. The quantitative estimate of drug-likeness (QED) is 0.0179. The van der Waals surface area contributed by atoms with E-state index in [4.69, 9.17) is 23.9 Å². The summed E-state index contributed by atoms with van der Waals surface area (Å²) in [6.45, 7) is 33.4. The molecule has 0 saturated carbocycles. The number of nitrogens with zero attached hydrogens (tertiary/aromatic N) is 10. The van der Waals surface area contributed by atoms with E-state index >= 15 is 0 Å². The van der Waals surface area contributed by atoms with Crippen molar-refractivity contribution in [1.29, 1.82) is 0 Å². The van der Waals surface area contributed by atoms with Crippen LogP contribution in [0.3, 0.4) is 0 Å². The second-order valence-electron chi connectivity index (χ2n) is 25.1. The Balaban J connectivity index is 0.000000340. The molecule has 0 saturated heterocycles. The van der Waals surface area contributed by atoms with Gasteiger partial charge in [-0.1, -0.05) is 78.6 Å². The largest absolute Gasteiger partial charge is 2.00 e. The SMILES string of the molecule is CC(O)c1cc(N(COCC[Si](C)(C)C)COCC[Si](C)(C)C)n2ncc(-c3cnc4ccc(F)cc4c3)c2n1.C[Si](C)(C)CCOCN(COCC[Si](C)(C)C)c1cc(C=O)nc2c(-c3cnc4ccc(F)cc4c3)cnn12.[Br-].[CH3-].[Mg+2]. The number of anilines is 2. The number of pyridine rings is 2. The van der Waals surface area contributed by atoms with E-state index in [1.165, 1.54) is 24.3 Å². The number of aliphatic hydroxyl groups is 1. The van der Waals surface area contributed by atoms with Gasteiger partial charge in [0.1, 0.15) is 55.9 Å². The van der Waals surface area contributed by atoms with Crippen LogP contribution in [-0.2, 0) is 18.9 Å². The fraction of sp³-hybridized carbons (Fsp3) is 0.448. The molecule has 0 radical (unpaired) electrons. The number of aliphatic hydroxyl groups excluding tert-OH is 1. The summed E-state index contributed by atoms with van der Waals surface area (Å²) in [6.07, 6.45) is 6.81. The van der Waals surface area contributed by atoms with Crippen LogP contribution in [0.1, 0.15) is 29.2 Å². The number of hydrogen-bond acceptors (Lipinski definition) is 14. The summed E-state index contributed by atoms with van der Waals surface area (Å²) in [5.41, 5.74) is 6.17. The number of carbonyl (C=O) groups is 1. The first-order chi connectivity index (χ1) is 37.2. The molecule has 2 aromatic carbocycles. The summed E-state index contributed by atoms with van der Waals surface area (Å²) >= 11 is 0. The third kappa shape index (κ3) is 20.4. The van der Waals surface area contributed by atoms with E-state index in [2.05, 4.69) is 104 Å². The monoisotopic (exact) mass is 1270 g/mol. The van der Waals surface area contributed by atoms with Crippen LogP contribution in [0.4, 0.5) is 20.4 Å². The molecule has 1 unspecified atom stereocenters. The molecule has 0 aliphatic rings. The van der Waals surface area contributed by atoms with Crippen molar-refractivity contribution in [2.24, 2.45) is 0 Å². The van der Waals surface area contributed by atoms with E-state index in [1.54, 1.807) is 58.9 Å². The van der Waals surface area contributed by atoms with Gasteiger partial charge in [0.2, 0.25) is 0 Å². The first-order valence-corrected chi connectivity index (χ1v) is 41.9. The van der Waals surface area contributed by atoms with Crippen LogP contribution in [0.5, 0.6) is 0 Å². The number of hydrogen-bond donors (Lipinski definition) is 1. The molecule has 8 rings (SSSR count). The molecule has 6 aromatic heterocycles. The molecule has 82 heavy (non-hydrogen) atoms. The first-order valence-electron chi connectivity index (χ1n) is 27.1. The number of aldehydes is 1. The molecule has 440 valence electrons. The molecule has 0 aliphatic heterocycles. The number of ether oxygens (including phenoxy) is 4. The van der Waals surface area contributed by atoms with Crippen LogP contribution in [0.15, 0.2) is 85.5 Å². The second-order valence-corrected chi connectivity index (χ2v) is 47.5. The molecule has 1 N–H and O–H groups in total. The van der Waals surface area contributed by atoms with E-state index < -0.39 is 38.4 Å². The normalized spacial score (nSPS) is 12.4. The van der Waals surface area contributed by atoms with Crippen LogP contribution in [0.25, 0.3) is 55.4 Å². The van der Waals surface area contributed by atoms with Crippen molar-refractivity contribution < 1.29 is 54.6 Å². The molecule has 6 heterocycles. The summed E-state index contributed by atoms with van der Waals surface area (Å²) in [5, 5.41) is 21.2. The Hall–Kier alpha value is -4.46. The Morgan fingerprint density at radius 1 is 0.561 bits per heavy atom. The van der Waals surface area contributed by atoms with Gasteiger partial charge < -0.3 is 58.3 Å². The minimum absolute atomic E-state index is 0. The average molecular weight is 1270 g/mol. The van der Waals surface area contributed by atoms with Gasteiger partial charge in [0.05, 0.1) is 35.2 Å². The number of rotatable bonds is 26. The van der Waals surface area contributed by atoms with Crippen molar-refractivity contribution in [3.05, 3.63) is 116 Å². The maximum absolute atomic E-state index is 13.9. The zero-order valence-corrected chi connectivity index (χ0v) is 57.5. The predicted octanol–water partition coefficient (Wildman–Crippen LogP) is 9.97. The van der Waals surface area contributed by atoms with E-state index in [-0.39, 0.29) is 64.8 Å². The van der Waals surface area contributed by atoms with Crippen molar-refractivity contribution >= 4 is 106 Å². The van der Waals surface area contributed by atoms with Gasteiger partial charge >= 0.3 is 23.1 Å². The Bertz CT molecular complexity index is 3310. The summed E-state index contributed by atoms with van der Waals surface area (Å²) in [7, 11) is -4.99. The molecule has 0 aliphatic carbocycles. The molecule has 8 aromatic rings. The van der Waals surface area contributed by atoms with E-state index in [9.17, 15) is 18.7 Å². The summed E-state index contributed by atoms with van der Waals surface area (Å²) in [6, 6.07) is 20.5. The molecule has 0 spiro atoms. The van der Waals surface area contributed by atoms with E-state index in [0.717, 1.165) is 47.2 Å². The van der Waals surface area contributed by atoms with Crippen molar-refractivity contribution in [2.75, 3.05) is 63.2 Å². The van der Waals surface area contributed by atoms with Crippen molar-refractivity contribution in [3.63, 3.8) is 0 Å². The fourth-order valence-electron chi connectivity index (χ4n) is 8.11. The second kappa shape index (κ2) is 30.6.